The maximum absolute atomic E-state index is 12.8. The lowest BCUT2D eigenvalue weighted by Crippen LogP contribution is -2.43. The van der Waals surface area contributed by atoms with Crippen molar-refractivity contribution in [1.29, 1.82) is 0 Å². The molecular weight excluding hydrogens is 475 g/mol. The second kappa shape index (κ2) is 11.1. The van der Waals surface area contributed by atoms with Gasteiger partial charge in [-0.05, 0) is 49.6 Å². The van der Waals surface area contributed by atoms with Crippen molar-refractivity contribution in [2.75, 3.05) is 25.4 Å². The summed E-state index contributed by atoms with van der Waals surface area (Å²) in [6.07, 6.45) is 1.07. The van der Waals surface area contributed by atoms with Crippen molar-refractivity contribution >= 4 is 50.9 Å². The fourth-order valence-corrected chi connectivity index (χ4v) is 6.02. The molecule has 0 spiro atoms. The van der Waals surface area contributed by atoms with E-state index < -0.39 is 10.0 Å². The second-order valence-corrected chi connectivity index (χ2v) is 11.4. The molecule has 1 saturated heterocycles. The average Bonchev–Trinajstić information content (AvgIpc) is 2.76. The zero-order valence-corrected chi connectivity index (χ0v) is 20.5. The molecule has 0 aromatic heterocycles. The maximum Gasteiger partial charge on any atom is 0.243 e. The summed E-state index contributed by atoms with van der Waals surface area (Å²) in [4.78, 5) is 12.8. The SMILES string of the molecule is Cc1ccc(S(=O)(=O)N2CCC(C(=O)NCCSCc3ccc(Cl)c(Cl)c3)CC2)cc1. The smallest absolute Gasteiger partial charge is 0.243 e. The fraction of sp³-hybridized carbons (Fsp3) is 0.409. The van der Waals surface area contributed by atoms with Crippen molar-refractivity contribution in [1.82, 2.24) is 9.62 Å². The Bertz CT molecular complexity index is 1010. The normalized spacial score (nSPS) is 15.7. The molecule has 3 rings (SSSR count). The highest BCUT2D eigenvalue weighted by molar-refractivity contribution is 7.98. The molecule has 2 aromatic rings. The summed E-state index contributed by atoms with van der Waals surface area (Å²) >= 11 is 13.7. The number of hydrogen-bond donors (Lipinski definition) is 1. The van der Waals surface area contributed by atoms with Crippen LogP contribution in [0.3, 0.4) is 0 Å². The van der Waals surface area contributed by atoms with Crippen molar-refractivity contribution in [2.45, 2.75) is 30.4 Å². The van der Waals surface area contributed by atoms with Gasteiger partial charge in [0.15, 0.2) is 0 Å². The summed E-state index contributed by atoms with van der Waals surface area (Å²) in [5.74, 6) is 1.43. The minimum Gasteiger partial charge on any atom is -0.355 e. The molecular formula is C22H26Cl2N2O3S2. The van der Waals surface area contributed by atoms with E-state index in [1.54, 1.807) is 42.1 Å². The minimum absolute atomic E-state index is 0.00233. The minimum atomic E-state index is -3.50. The van der Waals surface area contributed by atoms with Crippen molar-refractivity contribution in [2.24, 2.45) is 5.92 Å². The molecule has 0 bridgehead atoms. The van der Waals surface area contributed by atoms with Gasteiger partial charge in [0, 0.05) is 37.1 Å². The van der Waals surface area contributed by atoms with E-state index in [0.717, 1.165) is 22.6 Å². The zero-order valence-electron chi connectivity index (χ0n) is 17.3. The number of hydrogen-bond acceptors (Lipinski definition) is 4. The van der Waals surface area contributed by atoms with Crippen LogP contribution in [-0.4, -0.2) is 44.0 Å². The van der Waals surface area contributed by atoms with E-state index in [4.69, 9.17) is 23.2 Å². The molecule has 1 fully saturated rings. The van der Waals surface area contributed by atoms with E-state index in [1.165, 1.54) is 4.31 Å². The number of amides is 1. The Morgan fingerprint density at radius 1 is 1.10 bits per heavy atom. The number of benzene rings is 2. The van der Waals surface area contributed by atoms with Crippen LogP contribution in [0.4, 0.5) is 0 Å². The van der Waals surface area contributed by atoms with Gasteiger partial charge in [-0.15, -0.1) is 0 Å². The van der Waals surface area contributed by atoms with Crippen LogP contribution in [0.2, 0.25) is 10.0 Å². The molecule has 0 saturated carbocycles. The third-order valence-corrected chi connectivity index (χ3v) is 8.96. The number of thioether (sulfide) groups is 1. The number of nitrogens with zero attached hydrogens (tertiary/aromatic N) is 1. The molecule has 168 valence electrons. The van der Waals surface area contributed by atoms with Gasteiger partial charge in [-0.3, -0.25) is 4.79 Å². The Balaban J connectivity index is 1.39. The Morgan fingerprint density at radius 3 is 2.42 bits per heavy atom. The third kappa shape index (κ3) is 6.62. The number of carbonyl (C=O) groups excluding carboxylic acids is 1. The largest absolute Gasteiger partial charge is 0.355 e. The molecule has 1 heterocycles. The highest BCUT2D eigenvalue weighted by Gasteiger charge is 2.31. The number of carbonyl (C=O) groups is 1. The Kier molecular flexibility index (Phi) is 8.70. The van der Waals surface area contributed by atoms with Gasteiger partial charge in [0.25, 0.3) is 0 Å². The molecule has 0 atom stereocenters. The molecule has 9 heteroatoms. The standard InChI is InChI=1S/C22H26Cl2N2O3S2/c1-16-2-5-19(6-3-16)31(28,29)26-11-8-18(9-12-26)22(27)25-10-13-30-15-17-4-7-20(23)21(24)14-17/h2-7,14,18H,8-13,15H2,1H3,(H,25,27). The first-order chi connectivity index (χ1) is 14.8. The van der Waals surface area contributed by atoms with Crippen molar-refractivity contribution in [3.8, 4) is 0 Å². The molecule has 0 aliphatic carbocycles. The van der Waals surface area contributed by atoms with Gasteiger partial charge < -0.3 is 5.32 Å². The van der Waals surface area contributed by atoms with Crippen molar-refractivity contribution in [3.05, 3.63) is 63.6 Å². The van der Waals surface area contributed by atoms with Crippen LogP contribution in [0.15, 0.2) is 47.4 Å². The summed E-state index contributed by atoms with van der Waals surface area (Å²) in [6.45, 7) is 3.22. The van der Waals surface area contributed by atoms with E-state index in [1.807, 2.05) is 19.1 Å². The van der Waals surface area contributed by atoms with Crippen LogP contribution in [0.5, 0.6) is 0 Å². The molecule has 0 radical (unpaired) electrons. The Labute approximate surface area is 198 Å². The maximum atomic E-state index is 12.8. The van der Waals surface area contributed by atoms with Gasteiger partial charge in [-0.25, -0.2) is 8.42 Å². The van der Waals surface area contributed by atoms with Crippen LogP contribution in [0.1, 0.15) is 24.0 Å². The van der Waals surface area contributed by atoms with E-state index in [9.17, 15) is 13.2 Å². The summed E-state index contributed by atoms with van der Waals surface area (Å²) in [7, 11) is -3.50. The Hall–Kier alpha value is -1.25. The topological polar surface area (TPSA) is 66.5 Å². The number of sulfonamides is 1. The predicted octanol–water partition coefficient (Wildman–Crippen LogP) is 4.75. The summed E-state index contributed by atoms with van der Waals surface area (Å²) in [5, 5.41) is 4.06. The lowest BCUT2D eigenvalue weighted by molar-refractivity contribution is -0.125. The molecule has 1 amide bonds. The van der Waals surface area contributed by atoms with E-state index >= 15 is 0 Å². The molecule has 2 aromatic carbocycles. The summed E-state index contributed by atoms with van der Waals surface area (Å²) in [5.41, 5.74) is 2.11. The van der Waals surface area contributed by atoms with Crippen LogP contribution in [0.25, 0.3) is 0 Å². The first-order valence-electron chi connectivity index (χ1n) is 10.1. The van der Waals surface area contributed by atoms with Gasteiger partial charge in [-0.2, -0.15) is 16.1 Å². The number of piperidine rings is 1. The zero-order chi connectivity index (χ0) is 22.4. The van der Waals surface area contributed by atoms with E-state index in [2.05, 4.69) is 5.32 Å². The fourth-order valence-electron chi connectivity index (χ4n) is 3.43. The van der Waals surface area contributed by atoms with Gasteiger partial charge in [0.1, 0.15) is 0 Å². The summed E-state index contributed by atoms with van der Waals surface area (Å²) < 4.78 is 27.0. The highest BCUT2D eigenvalue weighted by Crippen LogP contribution is 2.25. The van der Waals surface area contributed by atoms with Gasteiger partial charge in [0.2, 0.25) is 15.9 Å². The number of aryl methyl sites for hydroxylation is 1. The third-order valence-electron chi connectivity index (χ3n) is 5.28. The molecule has 0 unspecified atom stereocenters. The van der Waals surface area contributed by atoms with Gasteiger partial charge >= 0.3 is 0 Å². The monoisotopic (exact) mass is 500 g/mol. The molecule has 1 aliphatic heterocycles. The second-order valence-electron chi connectivity index (χ2n) is 7.58. The lowest BCUT2D eigenvalue weighted by Gasteiger charge is -2.30. The number of halogens is 2. The first-order valence-corrected chi connectivity index (χ1v) is 13.5. The Morgan fingerprint density at radius 2 is 1.77 bits per heavy atom. The molecule has 5 nitrogen and oxygen atoms in total. The van der Waals surface area contributed by atoms with Crippen molar-refractivity contribution in [3.63, 3.8) is 0 Å². The summed E-state index contributed by atoms with van der Waals surface area (Å²) in [6, 6.07) is 12.5. The van der Waals surface area contributed by atoms with Crippen LogP contribution in [0, 0.1) is 12.8 Å². The van der Waals surface area contributed by atoms with Crippen molar-refractivity contribution < 1.29 is 13.2 Å². The van der Waals surface area contributed by atoms with E-state index in [0.29, 0.717) is 47.4 Å². The highest BCUT2D eigenvalue weighted by atomic mass is 35.5. The average molecular weight is 502 g/mol. The molecule has 1 aliphatic rings. The number of nitrogens with one attached hydrogen (secondary N) is 1. The lowest BCUT2D eigenvalue weighted by atomic mass is 9.97. The van der Waals surface area contributed by atoms with Crippen LogP contribution in [-0.2, 0) is 20.6 Å². The first kappa shape index (κ1) is 24.4. The molecule has 1 N–H and O–H groups in total. The predicted molar refractivity (Wildman–Crippen MR) is 128 cm³/mol. The molecule has 31 heavy (non-hydrogen) atoms. The van der Waals surface area contributed by atoms with Gasteiger partial charge in [0.05, 0.1) is 14.9 Å². The van der Waals surface area contributed by atoms with Gasteiger partial charge in [-0.1, -0.05) is 47.0 Å². The van der Waals surface area contributed by atoms with Crippen LogP contribution < -0.4 is 5.32 Å². The number of rotatable bonds is 8. The quantitative estimate of drug-likeness (QED) is 0.530. The van der Waals surface area contributed by atoms with E-state index in [-0.39, 0.29) is 11.8 Å². The van der Waals surface area contributed by atoms with Crippen LogP contribution >= 0.6 is 35.0 Å².